The molecule has 106 valence electrons. The second-order valence-electron chi connectivity index (χ2n) is 4.82. The van der Waals surface area contributed by atoms with Crippen LogP contribution in [-0.2, 0) is 6.42 Å². The van der Waals surface area contributed by atoms with Crippen LogP contribution in [0.25, 0.3) is 11.3 Å². The monoisotopic (exact) mass is 273 g/mol. The molecule has 0 unspecified atom stereocenters. The lowest BCUT2D eigenvalue weighted by molar-refractivity contribution is 0.630. The van der Waals surface area contributed by atoms with E-state index in [1.807, 2.05) is 26.0 Å². The molecule has 1 aromatic heterocycles. The van der Waals surface area contributed by atoms with Crippen molar-refractivity contribution in [3.63, 3.8) is 0 Å². The lowest BCUT2D eigenvalue weighted by Crippen LogP contribution is -2.06. The summed E-state index contributed by atoms with van der Waals surface area (Å²) in [4.78, 5) is 8.86. The average Bonchev–Trinajstić information content (AvgIpc) is 2.47. The molecule has 0 spiro atoms. The summed E-state index contributed by atoms with van der Waals surface area (Å²) in [6.45, 7) is 6.88. The Balaban J connectivity index is 2.46. The predicted molar refractivity (Wildman–Crippen MR) is 80.3 cm³/mol. The largest absolute Gasteiger partial charge is 0.370 e. The molecular formula is C16H20FN3. The number of aryl methyl sites for hydroxylation is 2. The van der Waals surface area contributed by atoms with Crippen LogP contribution in [0.5, 0.6) is 0 Å². The summed E-state index contributed by atoms with van der Waals surface area (Å²) in [5.41, 5.74) is 2.18. The molecule has 20 heavy (non-hydrogen) atoms. The van der Waals surface area contributed by atoms with E-state index in [9.17, 15) is 4.39 Å². The van der Waals surface area contributed by atoms with Gasteiger partial charge < -0.3 is 5.32 Å². The van der Waals surface area contributed by atoms with Crippen molar-refractivity contribution in [2.45, 2.75) is 33.6 Å². The third-order valence-corrected chi connectivity index (χ3v) is 3.04. The first kappa shape index (κ1) is 14.4. The van der Waals surface area contributed by atoms with Gasteiger partial charge in [-0.25, -0.2) is 14.4 Å². The Morgan fingerprint density at radius 1 is 1.15 bits per heavy atom. The zero-order valence-corrected chi connectivity index (χ0v) is 12.2. The van der Waals surface area contributed by atoms with Crippen LogP contribution in [0.15, 0.2) is 24.3 Å². The van der Waals surface area contributed by atoms with E-state index < -0.39 is 0 Å². The first-order valence-electron chi connectivity index (χ1n) is 7.02. The van der Waals surface area contributed by atoms with Crippen LogP contribution in [0.2, 0.25) is 0 Å². The normalized spacial score (nSPS) is 10.6. The van der Waals surface area contributed by atoms with Crippen molar-refractivity contribution in [3.8, 4) is 11.3 Å². The van der Waals surface area contributed by atoms with Crippen molar-refractivity contribution >= 4 is 5.82 Å². The van der Waals surface area contributed by atoms with Crippen LogP contribution in [0.3, 0.4) is 0 Å². The van der Waals surface area contributed by atoms with Crippen molar-refractivity contribution in [2.24, 2.45) is 0 Å². The van der Waals surface area contributed by atoms with Crippen LogP contribution in [0, 0.1) is 12.7 Å². The maximum absolute atomic E-state index is 14.0. The zero-order valence-electron chi connectivity index (χ0n) is 12.2. The average molecular weight is 273 g/mol. The molecule has 4 heteroatoms. The van der Waals surface area contributed by atoms with Gasteiger partial charge in [0.15, 0.2) is 0 Å². The smallest absolute Gasteiger partial charge is 0.132 e. The number of hydrogen-bond acceptors (Lipinski definition) is 3. The molecule has 0 amide bonds. The van der Waals surface area contributed by atoms with Crippen molar-refractivity contribution in [2.75, 3.05) is 11.9 Å². The Hall–Kier alpha value is -1.97. The number of rotatable bonds is 5. The van der Waals surface area contributed by atoms with E-state index in [2.05, 4.69) is 22.2 Å². The SMILES string of the molecule is CCCNc1cc(-c2cc(C)ccc2F)nc(CC)n1. The minimum atomic E-state index is -0.252. The molecule has 2 aromatic rings. The molecule has 0 atom stereocenters. The molecule has 1 heterocycles. The maximum atomic E-state index is 14.0. The van der Waals surface area contributed by atoms with Crippen molar-refractivity contribution < 1.29 is 4.39 Å². The highest BCUT2D eigenvalue weighted by Gasteiger charge is 2.10. The van der Waals surface area contributed by atoms with Crippen LogP contribution < -0.4 is 5.32 Å². The summed E-state index contributed by atoms with van der Waals surface area (Å²) in [5.74, 6) is 1.23. The van der Waals surface area contributed by atoms with Gasteiger partial charge in [-0.05, 0) is 25.5 Å². The Labute approximate surface area is 119 Å². The fourth-order valence-electron chi connectivity index (χ4n) is 1.97. The highest BCUT2D eigenvalue weighted by atomic mass is 19.1. The molecule has 1 aromatic carbocycles. The molecule has 0 saturated heterocycles. The molecule has 0 aliphatic carbocycles. The van der Waals surface area contributed by atoms with Gasteiger partial charge in [0, 0.05) is 24.6 Å². The number of hydrogen-bond donors (Lipinski definition) is 1. The fraction of sp³-hybridized carbons (Fsp3) is 0.375. The molecule has 3 nitrogen and oxygen atoms in total. The zero-order chi connectivity index (χ0) is 14.5. The Morgan fingerprint density at radius 3 is 2.65 bits per heavy atom. The minimum absolute atomic E-state index is 0.252. The Bertz CT molecular complexity index is 596. The maximum Gasteiger partial charge on any atom is 0.132 e. The van der Waals surface area contributed by atoms with Gasteiger partial charge in [0.05, 0.1) is 5.69 Å². The summed E-state index contributed by atoms with van der Waals surface area (Å²) in [5, 5.41) is 3.24. The summed E-state index contributed by atoms with van der Waals surface area (Å²) >= 11 is 0. The Kier molecular flexibility index (Phi) is 4.66. The third kappa shape index (κ3) is 3.32. The number of anilines is 1. The van der Waals surface area contributed by atoms with Gasteiger partial charge in [-0.2, -0.15) is 0 Å². The van der Waals surface area contributed by atoms with Crippen LogP contribution in [-0.4, -0.2) is 16.5 Å². The van der Waals surface area contributed by atoms with Gasteiger partial charge in [0.2, 0.25) is 0 Å². The molecule has 0 bridgehead atoms. The topological polar surface area (TPSA) is 37.8 Å². The molecule has 2 rings (SSSR count). The van der Waals surface area contributed by atoms with Gasteiger partial charge in [-0.15, -0.1) is 0 Å². The van der Waals surface area contributed by atoms with E-state index in [1.54, 1.807) is 6.07 Å². The number of nitrogens with one attached hydrogen (secondary N) is 1. The van der Waals surface area contributed by atoms with Crippen molar-refractivity contribution in [1.29, 1.82) is 0 Å². The molecular weight excluding hydrogens is 253 g/mol. The van der Waals surface area contributed by atoms with Gasteiger partial charge in [0.25, 0.3) is 0 Å². The van der Waals surface area contributed by atoms with Crippen LogP contribution >= 0.6 is 0 Å². The first-order chi connectivity index (χ1) is 9.63. The fourth-order valence-corrected chi connectivity index (χ4v) is 1.97. The van der Waals surface area contributed by atoms with Gasteiger partial charge in [-0.3, -0.25) is 0 Å². The van der Waals surface area contributed by atoms with E-state index >= 15 is 0 Å². The van der Waals surface area contributed by atoms with E-state index in [0.717, 1.165) is 36.6 Å². The number of halogens is 1. The number of nitrogens with zero attached hydrogens (tertiary/aromatic N) is 2. The van der Waals surface area contributed by atoms with Gasteiger partial charge in [-0.1, -0.05) is 25.5 Å². The van der Waals surface area contributed by atoms with Gasteiger partial charge >= 0.3 is 0 Å². The lowest BCUT2D eigenvalue weighted by Gasteiger charge is -2.10. The predicted octanol–water partition coefficient (Wildman–Crippen LogP) is 3.98. The van der Waals surface area contributed by atoms with Gasteiger partial charge in [0.1, 0.15) is 17.5 Å². The Morgan fingerprint density at radius 2 is 1.95 bits per heavy atom. The molecule has 0 aliphatic heterocycles. The van der Waals surface area contributed by atoms with Crippen molar-refractivity contribution in [1.82, 2.24) is 9.97 Å². The quantitative estimate of drug-likeness (QED) is 0.895. The third-order valence-electron chi connectivity index (χ3n) is 3.04. The minimum Gasteiger partial charge on any atom is -0.370 e. The summed E-state index contributed by atoms with van der Waals surface area (Å²) < 4.78 is 14.0. The first-order valence-corrected chi connectivity index (χ1v) is 7.02. The highest BCUT2D eigenvalue weighted by Crippen LogP contribution is 2.24. The van der Waals surface area contributed by atoms with Crippen LogP contribution in [0.1, 0.15) is 31.7 Å². The van der Waals surface area contributed by atoms with Crippen LogP contribution in [0.4, 0.5) is 10.2 Å². The van der Waals surface area contributed by atoms with E-state index in [4.69, 9.17) is 0 Å². The summed E-state index contributed by atoms with van der Waals surface area (Å²) in [7, 11) is 0. The number of benzene rings is 1. The summed E-state index contributed by atoms with van der Waals surface area (Å²) in [6.07, 6.45) is 1.74. The number of aromatic nitrogens is 2. The second-order valence-corrected chi connectivity index (χ2v) is 4.82. The highest BCUT2D eigenvalue weighted by molar-refractivity contribution is 5.64. The molecule has 0 saturated carbocycles. The van der Waals surface area contributed by atoms with E-state index in [0.29, 0.717) is 11.3 Å². The lowest BCUT2D eigenvalue weighted by atomic mass is 10.1. The second kappa shape index (κ2) is 6.46. The summed E-state index contributed by atoms with van der Waals surface area (Å²) in [6, 6.07) is 6.88. The standard InChI is InChI=1S/C16H20FN3/c1-4-8-18-16-10-14(19-15(5-2)20-16)12-9-11(3)6-7-13(12)17/h6-7,9-10H,4-5,8H2,1-3H3,(H,18,19,20). The molecule has 0 aliphatic rings. The molecule has 0 fully saturated rings. The van der Waals surface area contributed by atoms with E-state index in [1.165, 1.54) is 6.07 Å². The molecule has 0 radical (unpaired) electrons. The molecule has 1 N–H and O–H groups in total. The van der Waals surface area contributed by atoms with Crippen molar-refractivity contribution in [3.05, 3.63) is 41.5 Å². The van der Waals surface area contributed by atoms with E-state index in [-0.39, 0.29) is 5.82 Å².